The smallest absolute Gasteiger partial charge is 0.185 e. The van der Waals surface area contributed by atoms with Gasteiger partial charge in [-0.05, 0) is 136 Å². The Bertz CT molecular complexity index is 1390. The summed E-state index contributed by atoms with van der Waals surface area (Å²) in [4.78, 5) is 0. The van der Waals surface area contributed by atoms with Gasteiger partial charge in [-0.1, -0.05) is 83.9 Å². The zero-order chi connectivity index (χ0) is 29.5. The topological polar surface area (TPSA) is 21.3 Å². The number of nitrogens with one attached hydrogen (secondary N) is 1. The van der Waals surface area contributed by atoms with Gasteiger partial charge in [-0.2, -0.15) is 0 Å². The summed E-state index contributed by atoms with van der Waals surface area (Å²) in [5.74, 6) is 0. The molecule has 1 aliphatic heterocycles. The van der Waals surface area contributed by atoms with E-state index in [1.807, 2.05) is 0 Å². The van der Waals surface area contributed by atoms with Crippen LogP contribution in [0, 0.1) is 41.5 Å². The van der Waals surface area contributed by atoms with E-state index < -0.39 is 13.9 Å². The molecule has 0 radical (unpaired) electrons. The first-order valence-electron chi connectivity index (χ1n) is 15.2. The van der Waals surface area contributed by atoms with Crippen LogP contribution in [0.25, 0.3) is 22.3 Å². The number of hydrogen-bond donors (Lipinski definition) is 1. The van der Waals surface area contributed by atoms with Crippen LogP contribution in [0.2, 0.25) is 19.6 Å². The number of rotatable bonds is 7. The average molecular weight is 562 g/mol. The van der Waals surface area contributed by atoms with E-state index in [-0.39, 0.29) is 6.04 Å². The summed E-state index contributed by atoms with van der Waals surface area (Å²) >= 11 is 0. The Morgan fingerprint density at radius 3 is 1.34 bits per heavy atom. The minimum atomic E-state index is -1.97. The molecule has 0 amide bonds. The second-order valence-corrected chi connectivity index (χ2v) is 17.7. The van der Waals surface area contributed by atoms with E-state index in [4.69, 9.17) is 4.43 Å². The normalized spacial score (nSPS) is 15.9. The molecule has 0 spiro atoms. The molecule has 1 atom stereocenters. The van der Waals surface area contributed by atoms with Gasteiger partial charge in [0.25, 0.3) is 0 Å². The molecular formula is C38H47NOSi. The largest absolute Gasteiger partial charge is 0.403 e. The third kappa shape index (κ3) is 5.86. The van der Waals surface area contributed by atoms with Gasteiger partial charge >= 0.3 is 0 Å². The maximum atomic E-state index is 7.38. The van der Waals surface area contributed by atoms with E-state index >= 15 is 0 Å². The van der Waals surface area contributed by atoms with Crippen molar-refractivity contribution < 1.29 is 4.43 Å². The molecule has 214 valence electrons. The van der Waals surface area contributed by atoms with E-state index in [9.17, 15) is 0 Å². The minimum absolute atomic E-state index is 0.219. The molecule has 2 nitrogen and oxygen atoms in total. The van der Waals surface area contributed by atoms with Crippen LogP contribution < -0.4 is 5.32 Å². The van der Waals surface area contributed by atoms with Crippen molar-refractivity contribution in [3.05, 3.63) is 117 Å². The van der Waals surface area contributed by atoms with E-state index in [2.05, 4.69) is 139 Å². The van der Waals surface area contributed by atoms with Gasteiger partial charge in [-0.25, -0.2) is 0 Å². The first-order chi connectivity index (χ1) is 19.4. The van der Waals surface area contributed by atoms with Gasteiger partial charge in [0.15, 0.2) is 8.32 Å². The van der Waals surface area contributed by atoms with Crippen LogP contribution in [-0.4, -0.2) is 20.9 Å². The fraction of sp³-hybridized carbons (Fsp3) is 0.368. The van der Waals surface area contributed by atoms with Crippen LogP contribution in [0.1, 0.15) is 57.3 Å². The Hall–Kier alpha value is -2.98. The predicted molar refractivity (Wildman–Crippen MR) is 178 cm³/mol. The number of benzene rings is 4. The van der Waals surface area contributed by atoms with Gasteiger partial charge in [-0.3, -0.25) is 0 Å². The van der Waals surface area contributed by atoms with Crippen LogP contribution in [0.5, 0.6) is 0 Å². The van der Waals surface area contributed by atoms with E-state index in [0.717, 1.165) is 13.0 Å². The number of hydrogen-bond acceptors (Lipinski definition) is 2. The van der Waals surface area contributed by atoms with Gasteiger partial charge < -0.3 is 9.74 Å². The maximum absolute atomic E-state index is 7.38. The highest BCUT2D eigenvalue weighted by atomic mass is 28.4. The molecule has 1 N–H and O–H groups in total. The van der Waals surface area contributed by atoms with Crippen molar-refractivity contribution in [3.8, 4) is 22.3 Å². The highest BCUT2D eigenvalue weighted by Crippen LogP contribution is 2.44. The molecule has 4 aromatic carbocycles. The SMILES string of the molecule is Cc1cc(C)c(-c2ccc(C(O[Si](C)(C)C)(c3ccc(-c4c(C)cc(C)cc4C)cc3)[C@H]3CCCN3)cc2)c(C)c1. The first-order valence-corrected chi connectivity index (χ1v) is 18.6. The third-order valence-corrected chi connectivity index (χ3v) is 9.51. The van der Waals surface area contributed by atoms with Gasteiger partial charge in [-0.15, -0.1) is 0 Å². The highest BCUT2D eigenvalue weighted by Gasteiger charge is 2.47. The lowest BCUT2D eigenvalue weighted by Gasteiger charge is -2.44. The Kier molecular flexibility index (Phi) is 8.18. The average Bonchev–Trinajstić information content (AvgIpc) is 3.42. The summed E-state index contributed by atoms with van der Waals surface area (Å²) in [6.07, 6.45) is 2.27. The minimum Gasteiger partial charge on any atom is -0.403 e. The van der Waals surface area contributed by atoms with Crippen molar-refractivity contribution >= 4 is 8.32 Å². The zero-order valence-electron chi connectivity index (χ0n) is 26.5. The Balaban J connectivity index is 1.65. The van der Waals surface area contributed by atoms with Gasteiger partial charge in [0.05, 0.1) is 0 Å². The van der Waals surface area contributed by atoms with Crippen molar-refractivity contribution in [2.24, 2.45) is 0 Å². The Labute approximate surface area is 249 Å². The lowest BCUT2D eigenvalue weighted by molar-refractivity contribution is 0.0639. The highest BCUT2D eigenvalue weighted by molar-refractivity contribution is 6.69. The molecule has 1 aliphatic rings. The monoisotopic (exact) mass is 561 g/mol. The quantitative estimate of drug-likeness (QED) is 0.227. The van der Waals surface area contributed by atoms with Gasteiger partial charge in [0, 0.05) is 6.04 Å². The summed E-state index contributed by atoms with van der Waals surface area (Å²) in [5, 5.41) is 3.86. The molecule has 0 aromatic heterocycles. The second kappa shape index (κ2) is 11.4. The molecule has 0 saturated carbocycles. The number of aryl methyl sites for hydroxylation is 6. The van der Waals surface area contributed by atoms with Crippen LogP contribution >= 0.6 is 0 Å². The van der Waals surface area contributed by atoms with Crippen molar-refractivity contribution in [3.63, 3.8) is 0 Å². The van der Waals surface area contributed by atoms with Gasteiger partial charge in [0.1, 0.15) is 5.60 Å². The molecule has 0 aliphatic carbocycles. The molecule has 41 heavy (non-hydrogen) atoms. The molecular weight excluding hydrogens is 515 g/mol. The zero-order valence-corrected chi connectivity index (χ0v) is 27.5. The van der Waals surface area contributed by atoms with Crippen LogP contribution in [0.15, 0.2) is 72.8 Å². The van der Waals surface area contributed by atoms with Crippen molar-refractivity contribution in [1.82, 2.24) is 5.32 Å². The third-order valence-electron chi connectivity index (χ3n) is 8.58. The van der Waals surface area contributed by atoms with Crippen LogP contribution in [0.3, 0.4) is 0 Å². The standard InChI is InChI=1S/C38H47NOSi/c1-25-21-27(3)36(28(4)22-25)31-12-16-33(17-13-31)38(40-41(7,8)9,35-11-10-20-39-35)34-18-14-32(15-19-34)37-29(5)23-26(2)24-30(37)6/h12-19,21-24,35,39H,10-11,20H2,1-9H3/t35-/m1/s1. The van der Waals surface area contributed by atoms with Gasteiger partial charge in [0.2, 0.25) is 0 Å². The van der Waals surface area contributed by atoms with E-state index in [1.54, 1.807) is 0 Å². The maximum Gasteiger partial charge on any atom is 0.185 e. The lowest BCUT2D eigenvalue weighted by atomic mass is 9.78. The second-order valence-electron chi connectivity index (χ2n) is 13.3. The first kappa shape index (κ1) is 29.5. The molecule has 3 heteroatoms. The summed E-state index contributed by atoms with van der Waals surface area (Å²) in [6, 6.07) is 27.9. The molecule has 1 heterocycles. The molecule has 1 fully saturated rings. The van der Waals surface area contributed by atoms with Crippen molar-refractivity contribution in [2.75, 3.05) is 6.54 Å². The summed E-state index contributed by atoms with van der Waals surface area (Å²) in [5.41, 5.74) is 15.1. The Morgan fingerprint density at radius 1 is 0.634 bits per heavy atom. The van der Waals surface area contributed by atoms with Crippen molar-refractivity contribution in [1.29, 1.82) is 0 Å². The Morgan fingerprint density at radius 2 is 1.02 bits per heavy atom. The van der Waals surface area contributed by atoms with E-state index in [0.29, 0.717) is 0 Å². The molecule has 4 aromatic rings. The lowest BCUT2D eigenvalue weighted by Crippen LogP contribution is -2.53. The van der Waals surface area contributed by atoms with Crippen LogP contribution in [0.4, 0.5) is 0 Å². The summed E-state index contributed by atoms with van der Waals surface area (Å²) in [7, 11) is -1.97. The predicted octanol–water partition coefficient (Wildman–Crippen LogP) is 9.72. The molecule has 1 saturated heterocycles. The fourth-order valence-electron chi connectivity index (χ4n) is 7.31. The molecule has 0 unspecified atom stereocenters. The molecule has 5 rings (SSSR count). The summed E-state index contributed by atoms with van der Waals surface area (Å²) < 4.78 is 7.38. The summed E-state index contributed by atoms with van der Waals surface area (Å²) in [6.45, 7) is 21.2. The molecule has 0 bridgehead atoms. The van der Waals surface area contributed by atoms with Crippen molar-refractivity contribution in [2.45, 2.75) is 85.7 Å². The van der Waals surface area contributed by atoms with Crippen LogP contribution in [-0.2, 0) is 10.0 Å². The fourth-order valence-corrected chi connectivity index (χ4v) is 8.66. The van der Waals surface area contributed by atoms with E-state index in [1.165, 1.54) is 73.2 Å².